The first-order chi connectivity index (χ1) is 6.69. The van der Waals surface area contributed by atoms with Crippen LogP contribution in [0.1, 0.15) is 0 Å². The highest BCUT2D eigenvalue weighted by Gasteiger charge is 2.08. The van der Waals surface area contributed by atoms with Crippen LogP contribution in [0.25, 0.3) is 0 Å². The lowest BCUT2D eigenvalue weighted by atomic mass is 10.3. The van der Waals surface area contributed by atoms with Crippen molar-refractivity contribution in [3.63, 3.8) is 0 Å². The first-order valence-electron chi connectivity index (χ1n) is 4.05. The summed E-state index contributed by atoms with van der Waals surface area (Å²) < 4.78 is 17.9. The van der Waals surface area contributed by atoms with Crippen molar-refractivity contribution < 1.29 is 14.2 Å². The van der Waals surface area contributed by atoms with Crippen molar-refractivity contribution >= 4 is 17.4 Å². The molecule has 0 saturated heterocycles. The average Bonchev–Trinajstić information content (AvgIpc) is 2.17. The van der Waals surface area contributed by atoms with Gasteiger partial charge in [0.2, 0.25) is 0 Å². The average molecular weight is 217 g/mol. The van der Waals surface area contributed by atoms with Crippen LogP contribution in [0, 0.1) is 5.82 Å². The Balaban J connectivity index is 2.92. The van der Waals surface area contributed by atoms with Crippen LogP contribution in [0.3, 0.4) is 0 Å². The SMILES string of the molecule is COc1cc(SCCO)c(N)cc1F. The van der Waals surface area contributed by atoms with Crippen LogP contribution in [0.15, 0.2) is 17.0 Å². The van der Waals surface area contributed by atoms with Crippen molar-refractivity contribution in [2.45, 2.75) is 4.90 Å². The van der Waals surface area contributed by atoms with Crippen molar-refractivity contribution in [2.75, 3.05) is 25.2 Å². The summed E-state index contributed by atoms with van der Waals surface area (Å²) in [6.45, 7) is 0.0593. The fourth-order valence-electron chi connectivity index (χ4n) is 0.987. The zero-order chi connectivity index (χ0) is 10.6. The number of ether oxygens (including phenoxy) is 1. The Bertz CT molecular complexity index is 320. The van der Waals surface area contributed by atoms with E-state index in [2.05, 4.69) is 0 Å². The summed E-state index contributed by atoms with van der Waals surface area (Å²) in [6, 6.07) is 2.75. The molecule has 0 aliphatic rings. The number of aliphatic hydroxyl groups excluding tert-OH is 1. The summed E-state index contributed by atoms with van der Waals surface area (Å²) in [6.07, 6.45) is 0. The number of hydrogen-bond acceptors (Lipinski definition) is 4. The van der Waals surface area contributed by atoms with Gasteiger partial charge in [-0.25, -0.2) is 4.39 Å². The number of hydrogen-bond donors (Lipinski definition) is 2. The highest BCUT2D eigenvalue weighted by Crippen LogP contribution is 2.31. The lowest BCUT2D eigenvalue weighted by Gasteiger charge is -2.08. The highest BCUT2D eigenvalue weighted by atomic mass is 32.2. The van der Waals surface area contributed by atoms with E-state index < -0.39 is 5.82 Å². The van der Waals surface area contributed by atoms with Crippen LogP contribution in [-0.2, 0) is 0 Å². The van der Waals surface area contributed by atoms with Crippen LogP contribution in [0.4, 0.5) is 10.1 Å². The Morgan fingerprint density at radius 3 is 2.86 bits per heavy atom. The van der Waals surface area contributed by atoms with E-state index in [0.717, 1.165) is 4.90 Å². The molecule has 0 radical (unpaired) electrons. The molecule has 0 fully saturated rings. The van der Waals surface area contributed by atoms with E-state index in [1.54, 1.807) is 0 Å². The van der Waals surface area contributed by atoms with Crippen molar-refractivity contribution in [2.24, 2.45) is 0 Å². The van der Waals surface area contributed by atoms with E-state index >= 15 is 0 Å². The van der Waals surface area contributed by atoms with Gasteiger partial charge in [0.1, 0.15) is 0 Å². The van der Waals surface area contributed by atoms with E-state index in [0.29, 0.717) is 11.4 Å². The minimum Gasteiger partial charge on any atom is -0.494 e. The van der Waals surface area contributed by atoms with Gasteiger partial charge in [-0.1, -0.05) is 0 Å². The number of rotatable bonds is 4. The van der Waals surface area contributed by atoms with Gasteiger partial charge in [-0.15, -0.1) is 11.8 Å². The molecule has 0 amide bonds. The van der Waals surface area contributed by atoms with Crippen molar-refractivity contribution in [3.8, 4) is 5.75 Å². The zero-order valence-corrected chi connectivity index (χ0v) is 8.60. The first-order valence-corrected chi connectivity index (χ1v) is 5.04. The van der Waals surface area contributed by atoms with Crippen LogP contribution in [-0.4, -0.2) is 24.6 Å². The summed E-state index contributed by atoms with van der Waals surface area (Å²) in [5.41, 5.74) is 5.95. The molecular formula is C9H12FNO2S. The number of halogens is 1. The Morgan fingerprint density at radius 1 is 1.57 bits per heavy atom. The van der Waals surface area contributed by atoms with Crippen LogP contribution < -0.4 is 10.5 Å². The molecule has 0 aliphatic carbocycles. The second kappa shape index (κ2) is 5.07. The molecule has 0 saturated carbocycles. The Labute approximate surface area is 86.1 Å². The van der Waals surface area contributed by atoms with Crippen LogP contribution >= 0.6 is 11.8 Å². The van der Waals surface area contributed by atoms with E-state index in [1.807, 2.05) is 0 Å². The van der Waals surface area contributed by atoms with Gasteiger partial charge < -0.3 is 15.6 Å². The third-order valence-electron chi connectivity index (χ3n) is 1.63. The molecule has 0 unspecified atom stereocenters. The van der Waals surface area contributed by atoms with Gasteiger partial charge in [-0.2, -0.15) is 0 Å². The quantitative estimate of drug-likeness (QED) is 0.593. The number of benzene rings is 1. The Kier molecular flexibility index (Phi) is 4.03. The smallest absolute Gasteiger partial charge is 0.167 e. The minimum absolute atomic E-state index is 0.0593. The zero-order valence-electron chi connectivity index (χ0n) is 7.79. The fourth-order valence-corrected chi connectivity index (χ4v) is 1.71. The molecule has 14 heavy (non-hydrogen) atoms. The third-order valence-corrected chi connectivity index (χ3v) is 2.68. The maximum absolute atomic E-state index is 13.1. The number of nitrogen functional groups attached to an aromatic ring is 1. The normalized spacial score (nSPS) is 10.2. The molecular weight excluding hydrogens is 205 g/mol. The number of aliphatic hydroxyl groups is 1. The molecule has 3 nitrogen and oxygen atoms in total. The Hall–Kier alpha value is -0.940. The molecule has 1 rings (SSSR count). The van der Waals surface area contributed by atoms with Gasteiger partial charge in [-0.3, -0.25) is 0 Å². The molecule has 5 heteroatoms. The molecule has 0 bridgehead atoms. The highest BCUT2D eigenvalue weighted by molar-refractivity contribution is 7.99. The van der Waals surface area contributed by atoms with Gasteiger partial charge >= 0.3 is 0 Å². The molecule has 0 aromatic heterocycles. The Morgan fingerprint density at radius 2 is 2.29 bits per heavy atom. The molecule has 1 aromatic rings. The standard InChI is InChI=1S/C9H12FNO2S/c1-13-8-5-9(14-3-2-12)7(11)4-6(8)10/h4-5,12H,2-3,11H2,1H3. The van der Waals surface area contributed by atoms with Gasteiger partial charge in [0.05, 0.1) is 13.7 Å². The van der Waals surface area contributed by atoms with Gasteiger partial charge in [0, 0.05) is 22.4 Å². The fraction of sp³-hybridized carbons (Fsp3) is 0.333. The summed E-state index contributed by atoms with van der Waals surface area (Å²) in [7, 11) is 1.40. The van der Waals surface area contributed by atoms with Gasteiger partial charge in [-0.05, 0) is 6.07 Å². The number of nitrogens with two attached hydrogens (primary N) is 1. The van der Waals surface area contributed by atoms with Gasteiger partial charge in [0.15, 0.2) is 11.6 Å². The van der Waals surface area contributed by atoms with Gasteiger partial charge in [0.25, 0.3) is 0 Å². The topological polar surface area (TPSA) is 55.5 Å². The number of thioether (sulfide) groups is 1. The largest absolute Gasteiger partial charge is 0.494 e. The molecule has 1 aromatic carbocycles. The summed E-state index contributed by atoms with van der Waals surface area (Å²) in [5.74, 6) is 0.219. The van der Waals surface area contributed by atoms with E-state index in [4.69, 9.17) is 15.6 Å². The molecule has 78 valence electrons. The van der Waals surface area contributed by atoms with E-state index in [-0.39, 0.29) is 12.4 Å². The molecule has 0 atom stereocenters. The number of methoxy groups -OCH3 is 1. The predicted octanol–water partition coefficient (Wildman–Crippen LogP) is 1.50. The summed E-state index contributed by atoms with van der Waals surface area (Å²) >= 11 is 1.36. The molecule has 0 spiro atoms. The minimum atomic E-state index is -0.474. The van der Waals surface area contributed by atoms with Crippen molar-refractivity contribution in [3.05, 3.63) is 17.9 Å². The number of anilines is 1. The first kappa shape index (κ1) is 11.1. The van der Waals surface area contributed by atoms with E-state index in [9.17, 15) is 4.39 Å². The lowest BCUT2D eigenvalue weighted by Crippen LogP contribution is -1.95. The molecule has 0 heterocycles. The van der Waals surface area contributed by atoms with Crippen LogP contribution in [0.5, 0.6) is 5.75 Å². The monoisotopic (exact) mass is 217 g/mol. The summed E-state index contributed by atoms with van der Waals surface area (Å²) in [4.78, 5) is 0.720. The predicted molar refractivity (Wildman–Crippen MR) is 55.2 cm³/mol. The molecule has 3 N–H and O–H groups in total. The molecule has 0 aliphatic heterocycles. The second-order valence-corrected chi connectivity index (χ2v) is 3.73. The van der Waals surface area contributed by atoms with Crippen LogP contribution in [0.2, 0.25) is 0 Å². The second-order valence-electron chi connectivity index (χ2n) is 2.60. The van der Waals surface area contributed by atoms with Crippen molar-refractivity contribution in [1.29, 1.82) is 0 Å². The maximum atomic E-state index is 13.1. The van der Waals surface area contributed by atoms with E-state index in [1.165, 1.54) is 31.0 Å². The lowest BCUT2D eigenvalue weighted by molar-refractivity contribution is 0.322. The summed E-state index contributed by atoms with van der Waals surface area (Å²) in [5, 5.41) is 8.63. The van der Waals surface area contributed by atoms with Crippen molar-refractivity contribution in [1.82, 2.24) is 0 Å². The maximum Gasteiger partial charge on any atom is 0.167 e. The third kappa shape index (κ3) is 2.52.